The second-order valence-corrected chi connectivity index (χ2v) is 12.4. The molecule has 0 heterocycles. The van der Waals surface area contributed by atoms with Crippen molar-refractivity contribution in [2.75, 3.05) is 7.11 Å². The first kappa shape index (κ1) is 16.8. The molecule has 3 heteroatoms. The lowest BCUT2D eigenvalue weighted by Crippen LogP contribution is -2.47. The van der Waals surface area contributed by atoms with Crippen LogP contribution in [0.25, 0.3) is 0 Å². The van der Waals surface area contributed by atoms with E-state index in [-0.39, 0.29) is 5.60 Å². The predicted molar refractivity (Wildman–Crippen MR) is 84.9 cm³/mol. The summed E-state index contributed by atoms with van der Waals surface area (Å²) in [6, 6.07) is 0. The summed E-state index contributed by atoms with van der Waals surface area (Å²) in [6.45, 7) is 16.1. The minimum atomic E-state index is -1.78. The molecule has 1 unspecified atom stereocenters. The first-order valence-electron chi connectivity index (χ1n) is 7.63. The topological polar surface area (TPSA) is 18.5 Å². The summed E-state index contributed by atoms with van der Waals surface area (Å²) >= 11 is 0. The summed E-state index contributed by atoms with van der Waals surface area (Å²) in [5.74, 6) is 0. The highest BCUT2D eigenvalue weighted by Crippen LogP contribution is 2.45. The highest BCUT2D eigenvalue weighted by atomic mass is 28.4. The maximum atomic E-state index is 6.51. The quantitative estimate of drug-likeness (QED) is 0.489. The molecule has 0 spiro atoms. The molecule has 1 aliphatic carbocycles. The number of ether oxygens (including phenoxy) is 1. The fourth-order valence-electron chi connectivity index (χ4n) is 3.62. The lowest BCUT2D eigenvalue weighted by molar-refractivity contribution is -0.00664. The SMILES string of the molecule is COC1(C)CC/C1=C\O[Si](C(C)C)(C(C)C)C(C)C. The molecule has 1 atom stereocenters. The van der Waals surface area contributed by atoms with Crippen LogP contribution >= 0.6 is 0 Å². The van der Waals surface area contributed by atoms with Crippen molar-refractivity contribution in [2.45, 2.75) is 83.5 Å². The van der Waals surface area contributed by atoms with E-state index in [0.29, 0.717) is 16.6 Å². The van der Waals surface area contributed by atoms with Gasteiger partial charge in [-0.05, 0) is 42.0 Å². The second-order valence-electron chi connectivity index (χ2n) is 7.01. The molecule has 0 aromatic rings. The van der Waals surface area contributed by atoms with Gasteiger partial charge in [0, 0.05) is 7.11 Å². The summed E-state index contributed by atoms with van der Waals surface area (Å²) < 4.78 is 12.1. The first-order chi connectivity index (χ1) is 8.70. The van der Waals surface area contributed by atoms with Crippen LogP contribution in [-0.4, -0.2) is 21.0 Å². The zero-order valence-corrected chi connectivity index (χ0v) is 15.0. The molecule has 0 radical (unpaired) electrons. The van der Waals surface area contributed by atoms with Gasteiger partial charge >= 0.3 is 0 Å². The molecule has 1 fully saturated rings. The first-order valence-corrected chi connectivity index (χ1v) is 9.77. The second kappa shape index (κ2) is 6.00. The van der Waals surface area contributed by atoms with Crippen LogP contribution in [0.4, 0.5) is 0 Å². The fraction of sp³-hybridized carbons (Fsp3) is 0.875. The Balaban J connectivity index is 2.94. The standard InChI is InChI=1S/C16H32O2Si/c1-12(2)19(13(3)4,14(5)6)18-11-15-9-10-16(15,7)17-8/h11-14H,9-10H2,1-8H3/b15-11+. The van der Waals surface area contributed by atoms with Gasteiger partial charge in [0.1, 0.15) is 0 Å². The van der Waals surface area contributed by atoms with Crippen LogP contribution in [0.15, 0.2) is 11.8 Å². The van der Waals surface area contributed by atoms with E-state index < -0.39 is 8.32 Å². The zero-order chi connectivity index (χ0) is 14.8. The average Bonchev–Trinajstić information content (AvgIpc) is 2.30. The van der Waals surface area contributed by atoms with Gasteiger partial charge in [0.25, 0.3) is 8.32 Å². The Bertz CT molecular complexity index is 308. The Kier molecular flexibility index (Phi) is 5.30. The van der Waals surface area contributed by atoms with Gasteiger partial charge in [-0.15, -0.1) is 0 Å². The molecule has 0 aliphatic heterocycles. The van der Waals surface area contributed by atoms with Gasteiger partial charge in [-0.2, -0.15) is 0 Å². The van der Waals surface area contributed by atoms with Gasteiger partial charge in [-0.25, -0.2) is 0 Å². The van der Waals surface area contributed by atoms with Crippen LogP contribution in [0.2, 0.25) is 16.6 Å². The molecule has 0 aromatic carbocycles. The van der Waals surface area contributed by atoms with Crippen molar-refractivity contribution < 1.29 is 9.16 Å². The molecule has 2 nitrogen and oxygen atoms in total. The van der Waals surface area contributed by atoms with Crippen molar-refractivity contribution >= 4 is 8.32 Å². The molecule has 0 amide bonds. The molecule has 1 rings (SSSR count). The van der Waals surface area contributed by atoms with E-state index in [1.54, 1.807) is 7.11 Å². The molecule has 1 aliphatic rings. The summed E-state index contributed by atoms with van der Waals surface area (Å²) in [5.41, 5.74) is 3.12. The average molecular weight is 285 g/mol. The molecular weight excluding hydrogens is 252 g/mol. The Morgan fingerprint density at radius 3 is 1.79 bits per heavy atom. The molecule has 19 heavy (non-hydrogen) atoms. The van der Waals surface area contributed by atoms with E-state index in [0.717, 1.165) is 12.8 Å². The molecule has 1 saturated carbocycles. The zero-order valence-electron chi connectivity index (χ0n) is 14.0. The minimum Gasteiger partial charge on any atom is -0.548 e. The van der Waals surface area contributed by atoms with E-state index in [1.807, 2.05) is 0 Å². The smallest absolute Gasteiger partial charge is 0.257 e. The van der Waals surface area contributed by atoms with Gasteiger partial charge in [0.2, 0.25) is 0 Å². The third-order valence-electron chi connectivity index (χ3n) is 5.11. The van der Waals surface area contributed by atoms with Gasteiger partial charge in [0.05, 0.1) is 11.9 Å². The monoisotopic (exact) mass is 284 g/mol. The Morgan fingerprint density at radius 1 is 1.05 bits per heavy atom. The largest absolute Gasteiger partial charge is 0.548 e. The predicted octanol–water partition coefficient (Wildman–Crippen LogP) is 5.26. The van der Waals surface area contributed by atoms with E-state index in [9.17, 15) is 0 Å². The molecule has 0 aromatic heterocycles. The maximum absolute atomic E-state index is 6.51. The van der Waals surface area contributed by atoms with E-state index in [2.05, 4.69) is 54.7 Å². The molecule has 0 saturated heterocycles. The summed E-state index contributed by atoms with van der Waals surface area (Å²) in [4.78, 5) is 0. The highest BCUT2D eigenvalue weighted by molar-refractivity contribution is 6.77. The number of rotatable bonds is 6. The molecule has 0 bridgehead atoms. The van der Waals surface area contributed by atoms with Crippen LogP contribution in [0.1, 0.15) is 61.3 Å². The van der Waals surface area contributed by atoms with Gasteiger partial charge in [-0.1, -0.05) is 41.5 Å². The van der Waals surface area contributed by atoms with Crippen LogP contribution in [-0.2, 0) is 9.16 Å². The molecule has 112 valence electrons. The number of hydrogen-bond donors (Lipinski definition) is 0. The lowest BCUT2D eigenvalue weighted by Gasteiger charge is -2.44. The molecule has 0 N–H and O–H groups in total. The lowest BCUT2D eigenvalue weighted by atomic mass is 9.77. The fourth-order valence-corrected chi connectivity index (χ4v) is 8.78. The summed E-state index contributed by atoms with van der Waals surface area (Å²) in [5, 5.41) is 0. The van der Waals surface area contributed by atoms with Gasteiger partial charge < -0.3 is 9.16 Å². The minimum absolute atomic E-state index is 0.0783. The van der Waals surface area contributed by atoms with E-state index in [1.165, 1.54) is 5.57 Å². The molecular formula is C16H32O2Si. The van der Waals surface area contributed by atoms with E-state index >= 15 is 0 Å². The Labute approximate surface area is 120 Å². The van der Waals surface area contributed by atoms with Gasteiger partial charge in [-0.3, -0.25) is 0 Å². The van der Waals surface area contributed by atoms with Crippen molar-refractivity contribution in [1.29, 1.82) is 0 Å². The van der Waals surface area contributed by atoms with Crippen molar-refractivity contribution in [2.24, 2.45) is 0 Å². The highest BCUT2D eigenvalue weighted by Gasteiger charge is 2.47. The third-order valence-corrected chi connectivity index (χ3v) is 11.1. The van der Waals surface area contributed by atoms with Crippen LogP contribution < -0.4 is 0 Å². The number of hydrogen-bond acceptors (Lipinski definition) is 2. The van der Waals surface area contributed by atoms with Crippen molar-refractivity contribution in [1.82, 2.24) is 0 Å². The maximum Gasteiger partial charge on any atom is 0.257 e. The Morgan fingerprint density at radius 2 is 1.53 bits per heavy atom. The normalized spacial score (nSPS) is 26.4. The number of methoxy groups -OCH3 is 1. The van der Waals surface area contributed by atoms with E-state index in [4.69, 9.17) is 9.16 Å². The summed E-state index contributed by atoms with van der Waals surface area (Å²) in [7, 11) is 0.0167. The van der Waals surface area contributed by atoms with Gasteiger partial charge in [0.15, 0.2) is 0 Å². The van der Waals surface area contributed by atoms with Crippen molar-refractivity contribution in [3.05, 3.63) is 11.8 Å². The van der Waals surface area contributed by atoms with Crippen molar-refractivity contribution in [3.8, 4) is 0 Å². The Hall–Kier alpha value is -0.283. The van der Waals surface area contributed by atoms with Crippen LogP contribution in [0, 0.1) is 0 Å². The third kappa shape index (κ3) is 2.92. The summed E-state index contributed by atoms with van der Waals surface area (Å²) in [6.07, 6.45) is 4.28. The van der Waals surface area contributed by atoms with Crippen molar-refractivity contribution in [3.63, 3.8) is 0 Å². The van der Waals surface area contributed by atoms with Crippen LogP contribution in [0.5, 0.6) is 0 Å². The van der Waals surface area contributed by atoms with Crippen LogP contribution in [0.3, 0.4) is 0 Å².